The maximum absolute atomic E-state index is 12.4. The maximum Gasteiger partial charge on any atom is 0.251 e. The Hall–Kier alpha value is -3.15. The molecular weight excluding hydrogens is 338 g/mol. The Kier molecular flexibility index (Phi) is 3.89. The fraction of sp³-hybridized carbons (Fsp3) is 0.286. The number of aromatic amines is 1. The van der Waals surface area contributed by atoms with Crippen LogP contribution in [0.5, 0.6) is 0 Å². The molecule has 1 aliphatic carbocycles. The summed E-state index contributed by atoms with van der Waals surface area (Å²) in [4.78, 5) is 24.5. The van der Waals surface area contributed by atoms with E-state index in [0.29, 0.717) is 6.04 Å². The molecule has 0 saturated heterocycles. The highest BCUT2D eigenvalue weighted by atomic mass is 16.1. The van der Waals surface area contributed by atoms with Crippen molar-refractivity contribution in [1.82, 2.24) is 24.8 Å². The van der Waals surface area contributed by atoms with Gasteiger partial charge in [-0.2, -0.15) is 0 Å². The molecule has 27 heavy (non-hydrogen) atoms. The van der Waals surface area contributed by atoms with Gasteiger partial charge in [0, 0.05) is 29.2 Å². The molecule has 0 spiro atoms. The molecular formula is C21H21N5O. The molecule has 1 aromatic carbocycles. The standard InChI is InChI=1S/C21H21N5O/c27-21(14-4-2-1-3-5-14)25-15-6-8-16(9-7-15)26-13-24-18-12-23-20-17(19(18)26)10-11-22-20/h1-5,10-13,15-16H,6-9H2,(H,22,23)(H,25,27)/t15-,16-. The molecule has 4 aromatic rings. The van der Waals surface area contributed by atoms with Crippen LogP contribution in [-0.4, -0.2) is 31.5 Å². The van der Waals surface area contributed by atoms with Crippen LogP contribution in [0, 0.1) is 0 Å². The summed E-state index contributed by atoms with van der Waals surface area (Å²) in [5.74, 6) is 0.0206. The molecule has 0 radical (unpaired) electrons. The quantitative estimate of drug-likeness (QED) is 0.584. The van der Waals surface area contributed by atoms with Gasteiger partial charge >= 0.3 is 0 Å². The third-order valence-electron chi connectivity index (χ3n) is 5.58. The van der Waals surface area contributed by atoms with Gasteiger partial charge in [-0.3, -0.25) is 4.79 Å². The number of imidazole rings is 1. The number of aromatic nitrogens is 4. The smallest absolute Gasteiger partial charge is 0.251 e. The Bertz CT molecular complexity index is 1090. The van der Waals surface area contributed by atoms with E-state index in [2.05, 4.69) is 30.9 Å². The zero-order chi connectivity index (χ0) is 18.2. The minimum absolute atomic E-state index is 0.0206. The normalized spacial score (nSPS) is 20.1. The molecule has 1 amide bonds. The van der Waals surface area contributed by atoms with Crippen molar-refractivity contribution >= 4 is 28.0 Å². The van der Waals surface area contributed by atoms with Gasteiger partial charge in [-0.15, -0.1) is 0 Å². The lowest BCUT2D eigenvalue weighted by Gasteiger charge is -2.30. The summed E-state index contributed by atoms with van der Waals surface area (Å²) in [5.41, 5.74) is 3.70. The first kappa shape index (κ1) is 16.1. The Labute approximate surface area is 156 Å². The van der Waals surface area contributed by atoms with Crippen LogP contribution in [0.2, 0.25) is 0 Å². The lowest BCUT2D eigenvalue weighted by molar-refractivity contribution is 0.0922. The number of hydrogen-bond acceptors (Lipinski definition) is 3. The molecule has 3 aromatic heterocycles. The predicted molar refractivity (Wildman–Crippen MR) is 105 cm³/mol. The van der Waals surface area contributed by atoms with E-state index >= 15 is 0 Å². The monoisotopic (exact) mass is 359 g/mol. The van der Waals surface area contributed by atoms with Crippen molar-refractivity contribution in [2.24, 2.45) is 0 Å². The first-order valence-corrected chi connectivity index (χ1v) is 9.44. The minimum atomic E-state index is 0.0206. The fourth-order valence-corrected chi connectivity index (χ4v) is 4.16. The van der Waals surface area contributed by atoms with E-state index in [9.17, 15) is 4.79 Å². The lowest BCUT2D eigenvalue weighted by Crippen LogP contribution is -2.37. The lowest BCUT2D eigenvalue weighted by atomic mass is 9.90. The van der Waals surface area contributed by atoms with Crippen molar-refractivity contribution in [3.05, 3.63) is 60.7 Å². The molecule has 1 aliphatic rings. The van der Waals surface area contributed by atoms with Crippen molar-refractivity contribution < 1.29 is 4.79 Å². The van der Waals surface area contributed by atoms with Crippen molar-refractivity contribution in [3.8, 4) is 0 Å². The number of nitrogens with zero attached hydrogens (tertiary/aromatic N) is 3. The number of benzene rings is 1. The second-order valence-electron chi connectivity index (χ2n) is 7.23. The summed E-state index contributed by atoms with van der Waals surface area (Å²) >= 11 is 0. The first-order chi connectivity index (χ1) is 13.3. The van der Waals surface area contributed by atoms with Gasteiger partial charge in [0.15, 0.2) is 0 Å². The average Bonchev–Trinajstić information content (AvgIpc) is 3.35. The van der Waals surface area contributed by atoms with Crippen LogP contribution >= 0.6 is 0 Å². The van der Waals surface area contributed by atoms with E-state index in [1.165, 1.54) is 0 Å². The molecule has 3 heterocycles. The van der Waals surface area contributed by atoms with Gasteiger partial charge in [-0.05, 0) is 43.9 Å². The molecule has 2 N–H and O–H groups in total. The van der Waals surface area contributed by atoms with Gasteiger partial charge in [0.05, 0.1) is 18.0 Å². The SMILES string of the molecule is O=C(N[C@H]1CC[C@H](n2cnc3cnc4[nH]ccc4c32)CC1)c1ccccc1. The molecule has 0 unspecified atom stereocenters. The number of amides is 1. The largest absolute Gasteiger partial charge is 0.349 e. The minimum Gasteiger partial charge on any atom is -0.349 e. The van der Waals surface area contributed by atoms with Crippen molar-refractivity contribution in [2.75, 3.05) is 0 Å². The van der Waals surface area contributed by atoms with E-state index in [1.807, 2.05) is 49.1 Å². The number of H-pyrrole nitrogens is 1. The van der Waals surface area contributed by atoms with Crippen LogP contribution in [0.25, 0.3) is 22.1 Å². The first-order valence-electron chi connectivity index (χ1n) is 9.44. The summed E-state index contributed by atoms with van der Waals surface area (Å²) in [5, 5.41) is 4.30. The fourth-order valence-electron chi connectivity index (χ4n) is 4.16. The number of nitrogens with one attached hydrogen (secondary N) is 2. The Balaban J connectivity index is 1.32. The predicted octanol–water partition coefficient (Wildman–Crippen LogP) is 3.83. The van der Waals surface area contributed by atoms with E-state index in [0.717, 1.165) is 53.3 Å². The van der Waals surface area contributed by atoms with Crippen LogP contribution in [0.1, 0.15) is 42.1 Å². The van der Waals surface area contributed by atoms with E-state index in [1.54, 1.807) is 0 Å². The van der Waals surface area contributed by atoms with Gasteiger partial charge in [0.2, 0.25) is 0 Å². The second-order valence-corrected chi connectivity index (χ2v) is 7.23. The van der Waals surface area contributed by atoms with E-state index < -0.39 is 0 Å². The number of fused-ring (bicyclic) bond motifs is 3. The zero-order valence-corrected chi connectivity index (χ0v) is 14.9. The zero-order valence-electron chi connectivity index (χ0n) is 14.9. The number of carbonyl (C=O) groups excluding carboxylic acids is 1. The molecule has 1 saturated carbocycles. The van der Waals surface area contributed by atoms with Gasteiger partial charge < -0.3 is 14.9 Å². The number of carbonyl (C=O) groups is 1. The Morgan fingerprint density at radius 3 is 2.70 bits per heavy atom. The van der Waals surface area contributed by atoms with Gasteiger partial charge in [0.25, 0.3) is 5.91 Å². The molecule has 136 valence electrons. The maximum atomic E-state index is 12.4. The summed E-state index contributed by atoms with van der Waals surface area (Å²) < 4.78 is 2.29. The average molecular weight is 359 g/mol. The summed E-state index contributed by atoms with van der Waals surface area (Å²) in [6.45, 7) is 0. The molecule has 6 heteroatoms. The third kappa shape index (κ3) is 2.87. The van der Waals surface area contributed by atoms with Crippen molar-refractivity contribution in [2.45, 2.75) is 37.8 Å². The van der Waals surface area contributed by atoms with Crippen LogP contribution in [0.4, 0.5) is 0 Å². The summed E-state index contributed by atoms with van der Waals surface area (Å²) in [6.07, 6.45) is 9.70. The Morgan fingerprint density at radius 1 is 1.07 bits per heavy atom. The Morgan fingerprint density at radius 2 is 1.89 bits per heavy atom. The number of rotatable bonds is 3. The molecule has 1 fully saturated rings. The summed E-state index contributed by atoms with van der Waals surface area (Å²) in [6, 6.07) is 12.1. The van der Waals surface area contributed by atoms with Crippen LogP contribution in [-0.2, 0) is 0 Å². The molecule has 6 nitrogen and oxygen atoms in total. The highest BCUT2D eigenvalue weighted by molar-refractivity contribution is 6.01. The molecule has 0 atom stereocenters. The van der Waals surface area contributed by atoms with Crippen LogP contribution < -0.4 is 5.32 Å². The van der Waals surface area contributed by atoms with Crippen LogP contribution in [0.15, 0.2) is 55.1 Å². The summed E-state index contributed by atoms with van der Waals surface area (Å²) in [7, 11) is 0. The molecule has 5 rings (SSSR count). The third-order valence-corrected chi connectivity index (χ3v) is 5.58. The van der Waals surface area contributed by atoms with E-state index in [-0.39, 0.29) is 11.9 Å². The highest BCUT2D eigenvalue weighted by Crippen LogP contribution is 2.33. The van der Waals surface area contributed by atoms with Crippen molar-refractivity contribution in [1.29, 1.82) is 0 Å². The number of pyridine rings is 1. The van der Waals surface area contributed by atoms with Gasteiger partial charge in [-0.25, -0.2) is 9.97 Å². The highest BCUT2D eigenvalue weighted by Gasteiger charge is 2.25. The molecule has 0 bridgehead atoms. The van der Waals surface area contributed by atoms with Gasteiger partial charge in [0.1, 0.15) is 11.2 Å². The van der Waals surface area contributed by atoms with Crippen molar-refractivity contribution in [3.63, 3.8) is 0 Å². The van der Waals surface area contributed by atoms with Crippen LogP contribution in [0.3, 0.4) is 0 Å². The number of hydrogen-bond donors (Lipinski definition) is 2. The molecule has 0 aliphatic heterocycles. The topological polar surface area (TPSA) is 75.6 Å². The second kappa shape index (κ2) is 6.54. The van der Waals surface area contributed by atoms with E-state index in [4.69, 9.17) is 0 Å². The van der Waals surface area contributed by atoms with Gasteiger partial charge in [-0.1, -0.05) is 18.2 Å².